The van der Waals surface area contributed by atoms with E-state index in [4.69, 9.17) is 4.98 Å². The Morgan fingerprint density at radius 1 is 1.42 bits per heavy atom. The second-order valence-corrected chi connectivity index (χ2v) is 7.73. The molecule has 1 fully saturated rings. The molecular weight excluding hydrogens is 366 g/mol. The summed E-state index contributed by atoms with van der Waals surface area (Å²) in [5, 5.41) is 3.55. The van der Waals surface area contributed by atoms with Crippen LogP contribution in [0.25, 0.3) is 11.2 Å². The van der Waals surface area contributed by atoms with Crippen LogP contribution in [0.4, 0.5) is 0 Å². The van der Waals surface area contributed by atoms with Gasteiger partial charge in [0, 0.05) is 36.8 Å². The number of aromatic nitrogens is 3. The number of pyridine rings is 1. The van der Waals surface area contributed by atoms with Crippen molar-refractivity contribution in [3.8, 4) is 0 Å². The number of nitrogens with one attached hydrogen (secondary N) is 1. The molecule has 1 N–H and O–H groups in total. The molecule has 1 aliphatic rings. The van der Waals surface area contributed by atoms with Gasteiger partial charge in [-0.25, -0.2) is 9.97 Å². The number of hydrogen-bond acceptors (Lipinski definition) is 4. The predicted molar refractivity (Wildman–Crippen MR) is 102 cm³/mol. The molecule has 132 valence electrons. The molecule has 1 aliphatic heterocycles. The molecule has 2 atom stereocenters. The summed E-state index contributed by atoms with van der Waals surface area (Å²) in [6.07, 6.45) is 4.16. The SMILES string of the molecule is CCC[C@H](c1nc2cc(Br)cnc2n1CC)N1CCNC[C@@H](C)C1. The maximum Gasteiger partial charge on any atom is 0.160 e. The summed E-state index contributed by atoms with van der Waals surface area (Å²) in [6.45, 7) is 12.1. The average Bonchev–Trinajstić information content (AvgIpc) is 2.77. The van der Waals surface area contributed by atoms with Crippen molar-refractivity contribution < 1.29 is 0 Å². The van der Waals surface area contributed by atoms with E-state index in [2.05, 4.69) is 62.5 Å². The molecule has 0 aromatic carbocycles. The van der Waals surface area contributed by atoms with Gasteiger partial charge in [0.2, 0.25) is 0 Å². The monoisotopic (exact) mass is 393 g/mol. The van der Waals surface area contributed by atoms with Crippen molar-refractivity contribution in [2.45, 2.75) is 46.2 Å². The van der Waals surface area contributed by atoms with Crippen molar-refractivity contribution in [1.82, 2.24) is 24.8 Å². The van der Waals surface area contributed by atoms with Gasteiger partial charge in [0.05, 0.1) is 6.04 Å². The summed E-state index contributed by atoms with van der Waals surface area (Å²) in [5.41, 5.74) is 1.99. The van der Waals surface area contributed by atoms with Gasteiger partial charge in [0.1, 0.15) is 11.3 Å². The number of rotatable bonds is 5. The molecule has 3 rings (SSSR count). The molecule has 0 spiro atoms. The lowest BCUT2D eigenvalue weighted by atomic mass is 10.1. The molecule has 24 heavy (non-hydrogen) atoms. The third-order valence-corrected chi connectivity index (χ3v) is 5.25. The average molecular weight is 394 g/mol. The van der Waals surface area contributed by atoms with Crippen molar-refractivity contribution in [1.29, 1.82) is 0 Å². The number of hydrogen-bond donors (Lipinski definition) is 1. The lowest BCUT2D eigenvalue weighted by Crippen LogP contribution is -2.35. The summed E-state index contributed by atoms with van der Waals surface area (Å²) in [4.78, 5) is 12.2. The molecule has 2 aromatic heterocycles. The summed E-state index contributed by atoms with van der Waals surface area (Å²) >= 11 is 3.52. The third-order valence-electron chi connectivity index (χ3n) is 4.81. The maximum atomic E-state index is 5.00. The highest BCUT2D eigenvalue weighted by Crippen LogP contribution is 2.29. The van der Waals surface area contributed by atoms with Crippen LogP contribution in [0.3, 0.4) is 0 Å². The van der Waals surface area contributed by atoms with Gasteiger partial charge in [0.25, 0.3) is 0 Å². The Labute approximate surface area is 153 Å². The van der Waals surface area contributed by atoms with Crippen molar-refractivity contribution in [2.24, 2.45) is 5.92 Å². The van der Waals surface area contributed by atoms with Gasteiger partial charge in [-0.2, -0.15) is 0 Å². The fraction of sp³-hybridized carbons (Fsp3) is 0.667. The Balaban J connectivity index is 2.02. The highest BCUT2D eigenvalue weighted by atomic mass is 79.9. The van der Waals surface area contributed by atoms with Gasteiger partial charge >= 0.3 is 0 Å². The minimum absolute atomic E-state index is 0.366. The normalized spacial score (nSPS) is 21.1. The smallest absolute Gasteiger partial charge is 0.160 e. The fourth-order valence-electron chi connectivity index (χ4n) is 3.73. The summed E-state index contributed by atoms with van der Waals surface area (Å²) < 4.78 is 3.28. The Kier molecular flexibility index (Phi) is 5.89. The predicted octanol–water partition coefficient (Wildman–Crippen LogP) is 3.60. The lowest BCUT2D eigenvalue weighted by molar-refractivity contribution is 0.170. The van der Waals surface area contributed by atoms with Crippen LogP contribution in [0.15, 0.2) is 16.7 Å². The Morgan fingerprint density at radius 2 is 2.25 bits per heavy atom. The summed E-state index contributed by atoms with van der Waals surface area (Å²) in [5.74, 6) is 1.84. The van der Waals surface area contributed by atoms with E-state index >= 15 is 0 Å². The van der Waals surface area contributed by atoms with Crippen LogP contribution in [-0.2, 0) is 6.54 Å². The number of halogens is 1. The van der Waals surface area contributed by atoms with Gasteiger partial charge in [-0.05, 0) is 47.8 Å². The minimum Gasteiger partial charge on any atom is -0.315 e. The van der Waals surface area contributed by atoms with Crippen LogP contribution in [0, 0.1) is 5.92 Å². The first-order valence-electron chi connectivity index (χ1n) is 9.10. The highest BCUT2D eigenvalue weighted by Gasteiger charge is 2.27. The minimum atomic E-state index is 0.366. The molecule has 6 heteroatoms. The van der Waals surface area contributed by atoms with Crippen molar-refractivity contribution in [3.63, 3.8) is 0 Å². The molecule has 1 saturated heterocycles. The molecule has 2 aromatic rings. The van der Waals surface area contributed by atoms with Crippen LogP contribution in [0.1, 0.15) is 45.5 Å². The van der Waals surface area contributed by atoms with Crippen molar-refractivity contribution in [2.75, 3.05) is 26.2 Å². The lowest BCUT2D eigenvalue weighted by Gasteiger charge is -2.31. The van der Waals surface area contributed by atoms with Crippen molar-refractivity contribution in [3.05, 3.63) is 22.6 Å². The largest absolute Gasteiger partial charge is 0.315 e. The summed E-state index contributed by atoms with van der Waals surface area (Å²) in [7, 11) is 0. The first-order chi connectivity index (χ1) is 11.6. The van der Waals surface area contributed by atoms with Gasteiger partial charge in [-0.15, -0.1) is 0 Å². The third kappa shape index (κ3) is 3.65. The van der Waals surface area contributed by atoms with Crippen molar-refractivity contribution >= 4 is 27.1 Å². The molecule has 0 bridgehead atoms. The van der Waals surface area contributed by atoms with Crippen LogP contribution in [-0.4, -0.2) is 45.6 Å². The van der Waals surface area contributed by atoms with Gasteiger partial charge < -0.3 is 9.88 Å². The van der Waals surface area contributed by atoms with Crippen LogP contribution in [0.5, 0.6) is 0 Å². The van der Waals surface area contributed by atoms with E-state index < -0.39 is 0 Å². The molecule has 0 saturated carbocycles. The number of nitrogens with zero attached hydrogens (tertiary/aromatic N) is 4. The van der Waals surface area contributed by atoms with Gasteiger partial charge in [-0.1, -0.05) is 20.3 Å². The Hall–Kier alpha value is -0.980. The summed E-state index contributed by atoms with van der Waals surface area (Å²) in [6, 6.07) is 2.44. The standard InChI is InChI=1S/C18H28BrN5/c1-4-6-16(23-8-7-20-10-13(3)12-23)18-22-15-9-14(19)11-21-17(15)24(18)5-2/h9,11,13,16,20H,4-8,10,12H2,1-3H3/t13-,16-/m1/s1. The first kappa shape index (κ1) is 17.8. The second-order valence-electron chi connectivity index (χ2n) is 6.82. The molecule has 0 radical (unpaired) electrons. The number of fused-ring (bicyclic) bond motifs is 1. The van der Waals surface area contributed by atoms with E-state index in [-0.39, 0.29) is 0 Å². The molecule has 0 unspecified atom stereocenters. The molecule has 0 aliphatic carbocycles. The Bertz CT molecular complexity index is 683. The molecule has 0 amide bonds. The van der Waals surface area contributed by atoms with Crippen LogP contribution >= 0.6 is 15.9 Å². The van der Waals surface area contributed by atoms with Gasteiger partial charge in [-0.3, -0.25) is 4.90 Å². The zero-order valence-corrected chi connectivity index (χ0v) is 16.5. The molecular formula is C18H28BrN5. The van der Waals surface area contributed by atoms with E-state index in [9.17, 15) is 0 Å². The zero-order valence-electron chi connectivity index (χ0n) is 14.9. The molecule has 3 heterocycles. The van der Waals surface area contributed by atoms with E-state index in [0.29, 0.717) is 12.0 Å². The van der Waals surface area contributed by atoms with E-state index in [0.717, 1.165) is 61.2 Å². The van der Waals surface area contributed by atoms with E-state index in [1.54, 1.807) is 0 Å². The Morgan fingerprint density at radius 3 is 3.00 bits per heavy atom. The van der Waals surface area contributed by atoms with E-state index in [1.165, 1.54) is 5.82 Å². The first-order valence-corrected chi connectivity index (χ1v) is 9.89. The zero-order chi connectivity index (χ0) is 17.1. The quantitative estimate of drug-likeness (QED) is 0.842. The topological polar surface area (TPSA) is 46.0 Å². The highest BCUT2D eigenvalue weighted by molar-refractivity contribution is 9.10. The second kappa shape index (κ2) is 7.93. The van der Waals surface area contributed by atoms with Crippen LogP contribution < -0.4 is 5.32 Å². The van der Waals surface area contributed by atoms with Crippen LogP contribution in [0.2, 0.25) is 0 Å². The maximum absolute atomic E-state index is 5.00. The molecule has 5 nitrogen and oxygen atoms in total. The number of aryl methyl sites for hydroxylation is 1. The van der Waals surface area contributed by atoms with Gasteiger partial charge in [0.15, 0.2) is 5.65 Å². The fourth-order valence-corrected chi connectivity index (χ4v) is 4.05. The van der Waals surface area contributed by atoms with E-state index in [1.807, 2.05) is 6.20 Å². The number of imidazole rings is 1.